The Morgan fingerprint density at radius 1 is 1.23 bits per heavy atom. The van der Waals surface area contributed by atoms with Crippen molar-refractivity contribution in [3.05, 3.63) is 24.8 Å². The first-order chi connectivity index (χ1) is 6.43. The second kappa shape index (κ2) is 6.90. The summed E-state index contributed by atoms with van der Waals surface area (Å²) in [6, 6.07) is 0.797. The number of nitrogens with one attached hydrogen (secondary N) is 1. The maximum absolute atomic E-state index is 3.64. The standard InChI is InChI=1S/C12H21N/c1-2-3-4-8-11-13-12-9-6-5-7-10-12/h2-4,12-13H,1,5-11H2/b4-3+. The van der Waals surface area contributed by atoms with Crippen molar-refractivity contribution in [3.63, 3.8) is 0 Å². The van der Waals surface area contributed by atoms with Crippen LogP contribution in [0, 0.1) is 0 Å². The minimum Gasteiger partial charge on any atom is -0.314 e. The van der Waals surface area contributed by atoms with Gasteiger partial charge in [-0.15, -0.1) is 0 Å². The lowest BCUT2D eigenvalue weighted by atomic mass is 9.95. The fourth-order valence-electron chi connectivity index (χ4n) is 1.87. The van der Waals surface area contributed by atoms with Crippen molar-refractivity contribution in [3.8, 4) is 0 Å². The fourth-order valence-corrected chi connectivity index (χ4v) is 1.87. The van der Waals surface area contributed by atoms with E-state index in [2.05, 4.69) is 18.0 Å². The first-order valence-corrected chi connectivity index (χ1v) is 5.44. The van der Waals surface area contributed by atoms with E-state index in [1.54, 1.807) is 0 Å². The normalized spacial score (nSPS) is 19.4. The minimum atomic E-state index is 0.797. The Kier molecular flexibility index (Phi) is 5.59. The molecule has 0 bridgehead atoms. The molecular weight excluding hydrogens is 158 g/mol. The largest absolute Gasteiger partial charge is 0.314 e. The van der Waals surface area contributed by atoms with Crippen LogP contribution in [-0.4, -0.2) is 12.6 Å². The molecule has 0 unspecified atom stereocenters. The molecule has 13 heavy (non-hydrogen) atoms. The zero-order chi connectivity index (χ0) is 9.36. The van der Waals surface area contributed by atoms with Crippen LogP contribution in [0.25, 0.3) is 0 Å². The van der Waals surface area contributed by atoms with Gasteiger partial charge >= 0.3 is 0 Å². The molecule has 0 spiro atoms. The van der Waals surface area contributed by atoms with Gasteiger partial charge in [-0.1, -0.05) is 44.1 Å². The molecule has 0 amide bonds. The quantitative estimate of drug-likeness (QED) is 0.505. The summed E-state index contributed by atoms with van der Waals surface area (Å²) in [6.45, 7) is 4.76. The average Bonchev–Trinajstić information content (AvgIpc) is 2.19. The summed E-state index contributed by atoms with van der Waals surface area (Å²) in [5.74, 6) is 0. The lowest BCUT2D eigenvalue weighted by Crippen LogP contribution is -2.31. The first-order valence-electron chi connectivity index (χ1n) is 5.44. The van der Waals surface area contributed by atoms with Crippen LogP contribution in [0.5, 0.6) is 0 Å². The Bertz CT molecular complexity index is 155. The van der Waals surface area contributed by atoms with Crippen molar-refractivity contribution >= 4 is 0 Å². The molecule has 1 heteroatoms. The molecule has 1 rings (SSSR count). The van der Waals surface area contributed by atoms with E-state index < -0.39 is 0 Å². The molecule has 1 saturated carbocycles. The molecule has 1 aliphatic carbocycles. The molecule has 0 aliphatic heterocycles. The summed E-state index contributed by atoms with van der Waals surface area (Å²) in [6.07, 6.45) is 14.2. The molecule has 74 valence electrons. The topological polar surface area (TPSA) is 12.0 Å². The third-order valence-electron chi connectivity index (χ3n) is 2.62. The second-order valence-electron chi connectivity index (χ2n) is 3.74. The Labute approximate surface area is 81.9 Å². The number of allylic oxidation sites excluding steroid dienone is 2. The average molecular weight is 179 g/mol. The van der Waals surface area contributed by atoms with E-state index in [0.29, 0.717) is 0 Å². The van der Waals surface area contributed by atoms with Crippen LogP contribution in [-0.2, 0) is 0 Å². The Morgan fingerprint density at radius 3 is 2.69 bits per heavy atom. The molecule has 0 heterocycles. The molecule has 0 aromatic carbocycles. The molecule has 0 aromatic heterocycles. The summed E-state index contributed by atoms with van der Waals surface area (Å²) >= 11 is 0. The summed E-state index contributed by atoms with van der Waals surface area (Å²) < 4.78 is 0. The maximum atomic E-state index is 3.64. The van der Waals surface area contributed by atoms with Gasteiger partial charge in [-0.25, -0.2) is 0 Å². The van der Waals surface area contributed by atoms with Crippen LogP contribution in [0.2, 0.25) is 0 Å². The van der Waals surface area contributed by atoms with Gasteiger partial charge in [0.2, 0.25) is 0 Å². The molecule has 0 saturated heterocycles. The Hall–Kier alpha value is -0.560. The molecule has 1 N–H and O–H groups in total. The number of rotatable bonds is 5. The van der Waals surface area contributed by atoms with Crippen LogP contribution in [0.15, 0.2) is 24.8 Å². The van der Waals surface area contributed by atoms with Crippen LogP contribution in [0.3, 0.4) is 0 Å². The van der Waals surface area contributed by atoms with E-state index >= 15 is 0 Å². The monoisotopic (exact) mass is 179 g/mol. The Balaban J connectivity index is 1.97. The summed E-state index contributed by atoms with van der Waals surface area (Å²) in [5.41, 5.74) is 0. The van der Waals surface area contributed by atoms with Crippen molar-refractivity contribution in [2.45, 2.75) is 44.6 Å². The molecule has 1 fully saturated rings. The van der Waals surface area contributed by atoms with Gasteiger partial charge in [0, 0.05) is 6.04 Å². The van der Waals surface area contributed by atoms with E-state index in [0.717, 1.165) is 19.0 Å². The predicted molar refractivity (Wildman–Crippen MR) is 58.8 cm³/mol. The van der Waals surface area contributed by atoms with Crippen LogP contribution in [0.4, 0.5) is 0 Å². The van der Waals surface area contributed by atoms with E-state index in [-0.39, 0.29) is 0 Å². The molecule has 1 aliphatic rings. The van der Waals surface area contributed by atoms with Gasteiger partial charge in [0.15, 0.2) is 0 Å². The van der Waals surface area contributed by atoms with Crippen LogP contribution >= 0.6 is 0 Å². The minimum absolute atomic E-state index is 0.797. The fraction of sp³-hybridized carbons (Fsp3) is 0.667. The third kappa shape index (κ3) is 4.89. The molecule has 1 nitrogen and oxygen atoms in total. The predicted octanol–water partition coefficient (Wildman–Crippen LogP) is 3.04. The van der Waals surface area contributed by atoms with Gasteiger partial charge in [0.1, 0.15) is 0 Å². The van der Waals surface area contributed by atoms with Crippen molar-refractivity contribution in [1.82, 2.24) is 5.32 Å². The van der Waals surface area contributed by atoms with E-state index in [4.69, 9.17) is 0 Å². The van der Waals surface area contributed by atoms with E-state index in [1.165, 1.54) is 32.1 Å². The highest BCUT2D eigenvalue weighted by Gasteiger charge is 2.11. The molecule has 0 radical (unpaired) electrons. The van der Waals surface area contributed by atoms with Gasteiger partial charge in [0.05, 0.1) is 0 Å². The van der Waals surface area contributed by atoms with Crippen LogP contribution < -0.4 is 5.32 Å². The van der Waals surface area contributed by atoms with E-state index in [1.807, 2.05) is 12.2 Å². The highest BCUT2D eigenvalue weighted by Crippen LogP contribution is 2.17. The third-order valence-corrected chi connectivity index (χ3v) is 2.62. The van der Waals surface area contributed by atoms with Gasteiger partial charge in [-0.3, -0.25) is 0 Å². The van der Waals surface area contributed by atoms with Gasteiger partial charge < -0.3 is 5.32 Å². The Morgan fingerprint density at radius 2 is 2.00 bits per heavy atom. The van der Waals surface area contributed by atoms with Crippen molar-refractivity contribution < 1.29 is 0 Å². The smallest absolute Gasteiger partial charge is 0.00671 e. The lowest BCUT2D eigenvalue weighted by molar-refractivity contribution is 0.376. The van der Waals surface area contributed by atoms with Crippen LogP contribution in [0.1, 0.15) is 38.5 Å². The zero-order valence-corrected chi connectivity index (χ0v) is 8.47. The molecule has 0 aromatic rings. The highest BCUT2D eigenvalue weighted by molar-refractivity contribution is 4.97. The highest BCUT2D eigenvalue weighted by atomic mass is 14.9. The molecular formula is C12H21N. The van der Waals surface area contributed by atoms with Gasteiger partial charge in [-0.2, -0.15) is 0 Å². The number of hydrogen-bond donors (Lipinski definition) is 1. The van der Waals surface area contributed by atoms with Gasteiger partial charge in [-0.05, 0) is 25.8 Å². The van der Waals surface area contributed by atoms with Crippen molar-refractivity contribution in [2.75, 3.05) is 6.54 Å². The maximum Gasteiger partial charge on any atom is 0.00671 e. The summed E-state index contributed by atoms with van der Waals surface area (Å²) in [4.78, 5) is 0. The zero-order valence-electron chi connectivity index (χ0n) is 8.47. The second-order valence-corrected chi connectivity index (χ2v) is 3.74. The summed E-state index contributed by atoms with van der Waals surface area (Å²) in [5, 5.41) is 3.59. The summed E-state index contributed by atoms with van der Waals surface area (Å²) in [7, 11) is 0. The first kappa shape index (κ1) is 10.5. The van der Waals surface area contributed by atoms with Crippen molar-refractivity contribution in [1.29, 1.82) is 0 Å². The SMILES string of the molecule is C=C/C=C/CCNC1CCCCC1. The van der Waals surface area contributed by atoms with E-state index in [9.17, 15) is 0 Å². The van der Waals surface area contributed by atoms with Gasteiger partial charge in [0.25, 0.3) is 0 Å². The lowest BCUT2D eigenvalue weighted by Gasteiger charge is -2.22. The number of hydrogen-bond acceptors (Lipinski definition) is 1. The molecule has 0 atom stereocenters. The van der Waals surface area contributed by atoms with Crippen molar-refractivity contribution in [2.24, 2.45) is 0 Å².